The Morgan fingerprint density at radius 1 is 0.345 bits per heavy atom. The summed E-state index contributed by atoms with van der Waals surface area (Å²) >= 11 is 0. The Balaban J connectivity index is 4.73. The fraction of sp³-hybridized carbons (Fsp3) is 1.00. The third-order valence-electron chi connectivity index (χ3n) is 13.2. The summed E-state index contributed by atoms with van der Waals surface area (Å²) < 4.78 is 13.4. The first-order valence-corrected chi connectivity index (χ1v) is 27.2. The Kier molecular flexibility index (Phi) is 51.1. The van der Waals surface area contributed by atoms with Crippen LogP contribution in [0.25, 0.3) is 0 Å². The van der Waals surface area contributed by atoms with Crippen molar-refractivity contribution in [2.75, 3.05) is 33.0 Å². The molecule has 0 aliphatic heterocycles. The minimum atomic E-state index is 0.167. The van der Waals surface area contributed by atoms with Gasteiger partial charge in [0.2, 0.25) is 0 Å². The minimum absolute atomic E-state index is 0.167. The highest BCUT2D eigenvalue weighted by Gasteiger charge is 2.30. The van der Waals surface area contributed by atoms with E-state index < -0.39 is 0 Å². The number of ether oxygens (including phenoxy) is 2. The van der Waals surface area contributed by atoms with E-state index in [4.69, 9.17) is 15.2 Å². The Morgan fingerprint density at radius 2 is 0.655 bits per heavy atom. The number of aliphatic hydroxyl groups excluding tert-OH is 1. The number of aliphatic hydroxyl groups is 1. The van der Waals surface area contributed by atoms with Gasteiger partial charge in [-0.05, 0) is 51.0 Å². The summed E-state index contributed by atoms with van der Waals surface area (Å²) in [5.41, 5.74) is 6.09. The van der Waals surface area contributed by atoms with E-state index in [1.165, 1.54) is 250 Å². The number of nitrogens with two attached hydrogens (primary N) is 1. The Morgan fingerprint density at radius 3 is 1.00 bits per heavy atom. The van der Waals surface area contributed by atoms with Gasteiger partial charge in [0, 0.05) is 25.7 Å². The van der Waals surface area contributed by atoms with Gasteiger partial charge in [-0.3, -0.25) is 0 Å². The number of rotatable bonds is 52. The van der Waals surface area contributed by atoms with Crippen LogP contribution in [0.3, 0.4) is 0 Å². The van der Waals surface area contributed by atoms with Crippen LogP contribution in [0.4, 0.5) is 0 Å². The van der Waals surface area contributed by atoms with Gasteiger partial charge in [-0.1, -0.05) is 258 Å². The topological polar surface area (TPSA) is 64.7 Å². The van der Waals surface area contributed by atoms with Crippen LogP contribution in [0.1, 0.15) is 297 Å². The summed E-state index contributed by atoms with van der Waals surface area (Å²) in [6.45, 7) is 10.4. The molecular weight excluding hydrogens is 711 g/mol. The SMILES string of the molecule is CCCCCCCCCCCCCCCCOCC(CCCN)C(OCCCCCCCCCCCCCCCC)C(CCO)CCCCCCCCCCCCC. The highest BCUT2D eigenvalue weighted by Crippen LogP contribution is 2.30. The zero-order chi connectivity index (χ0) is 42.1. The Bertz CT molecular complexity index is 718. The monoisotopic (exact) mass is 822 g/mol. The number of hydrogen-bond donors (Lipinski definition) is 2. The molecule has 3 unspecified atom stereocenters. The van der Waals surface area contributed by atoms with E-state index in [1.807, 2.05) is 0 Å². The van der Waals surface area contributed by atoms with E-state index in [-0.39, 0.29) is 12.7 Å². The van der Waals surface area contributed by atoms with Gasteiger partial charge >= 0.3 is 0 Å². The molecule has 4 heteroatoms. The largest absolute Gasteiger partial charge is 0.396 e. The molecule has 0 aliphatic carbocycles. The zero-order valence-corrected chi connectivity index (χ0v) is 40.5. The Labute approximate surface area is 366 Å². The van der Waals surface area contributed by atoms with E-state index in [2.05, 4.69) is 20.8 Å². The smallest absolute Gasteiger partial charge is 0.0654 e. The molecule has 0 aromatic heterocycles. The van der Waals surface area contributed by atoms with Gasteiger partial charge in [0.1, 0.15) is 0 Å². The number of hydrogen-bond acceptors (Lipinski definition) is 4. The van der Waals surface area contributed by atoms with Crippen molar-refractivity contribution in [3.63, 3.8) is 0 Å². The van der Waals surface area contributed by atoms with Gasteiger partial charge in [0.15, 0.2) is 0 Å². The fourth-order valence-electron chi connectivity index (χ4n) is 9.24. The lowest BCUT2D eigenvalue weighted by molar-refractivity contribution is -0.0645. The summed E-state index contributed by atoms with van der Waals surface area (Å²) in [4.78, 5) is 0. The van der Waals surface area contributed by atoms with Gasteiger partial charge in [-0.15, -0.1) is 0 Å². The molecule has 4 nitrogen and oxygen atoms in total. The van der Waals surface area contributed by atoms with Crippen molar-refractivity contribution in [2.24, 2.45) is 17.6 Å². The van der Waals surface area contributed by atoms with Gasteiger partial charge in [-0.25, -0.2) is 0 Å². The van der Waals surface area contributed by atoms with Crippen molar-refractivity contribution in [3.05, 3.63) is 0 Å². The molecule has 3 atom stereocenters. The maximum atomic E-state index is 10.2. The molecular formula is C54H111NO3. The van der Waals surface area contributed by atoms with Gasteiger partial charge in [0.05, 0.1) is 12.7 Å². The molecule has 0 heterocycles. The quantitative estimate of drug-likeness (QED) is 0.0600. The summed E-state index contributed by atoms with van der Waals surface area (Å²) in [5, 5.41) is 10.2. The molecule has 0 fully saturated rings. The van der Waals surface area contributed by atoms with E-state index in [0.717, 1.165) is 52.0 Å². The molecule has 350 valence electrons. The molecule has 0 rings (SSSR count). The molecule has 0 spiro atoms. The summed E-state index contributed by atoms with van der Waals surface area (Å²) in [6, 6.07) is 0. The predicted octanol–water partition coefficient (Wildman–Crippen LogP) is 17.4. The van der Waals surface area contributed by atoms with Gasteiger partial charge in [0.25, 0.3) is 0 Å². The minimum Gasteiger partial charge on any atom is -0.396 e. The molecule has 0 bridgehead atoms. The van der Waals surface area contributed by atoms with Crippen LogP contribution >= 0.6 is 0 Å². The molecule has 0 saturated carbocycles. The lowest BCUT2D eigenvalue weighted by atomic mass is 9.83. The van der Waals surface area contributed by atoms with Crippen molar-refractivity contribution >= 4 is 0 Å². The van der Waals surface area contributed by atoms with Crippen molar-refractivity contribution < 1.29 is 14.6 Å². The molecule has 0 aromatic rings. The maximum Gasteiger partial charge on any atom is 0.0654 e. The fourth-order valence-corrected chi connectivity index (χ4v) is 9.24. The van der Waals surface area contributed by atoms with Crippen LogP contribution in [0.5, 0.6) is 0 Å². The summed E-state index contributed by atoms with van der Waals surface area (Å²) in [6.07, 6.45) is 58.1. The van der Waals surface area contributed by atoms with Crippen molar-refractivity contribution in [2.45, 2.75) is 303 Å². The first kappa shape index (κ1) is 57.8. The van der Waals surface area contributed by atoms with Crippen molar-refractivity contribution in [1.82, 2.24) is 0 Å². The highest BCUT2D eigenvalue weighted by molar-refractivity contribution is 4.79. The molecule has 0 aliphatic rings. The lowest BCUT2D eigenvalue weighted by Gasteiger charge is -2.34. The van der Waals surface area contributed by atoms with E-state index in [1.54, 1.807) is 0 Å². The van der Waals surface area contributed by atoms with Crippen LogP contribution in [-0.2, 0) is 9.47 Å². The van der Waals surface area contributed by atoms with Crippen molar-refractivity contribution in [1.29, 1.82) is 0 Å². The van der Waals surface area contributed by atoms with Crippen molar-refractivity contribution in [3.8, 4) is 0 Å². The highest BCUT2D eigenvalue weighted by atomic mass is 16.5. The standard InChI is InChI=1S/C54H111NO3/c1-4-7-10-13-16-19-22-24-26-29-32-35-38-41-49-57-51-53(45-43-47-55)54(52(46-48-56)44-40-37-34-31-28-21-18-15-12-9-6-3)58-50-42-39-36-33-30-27-25-23-20-17-14-11-8-5-2/h52-54,56H,4-51,55H2,1-3H3. The van der Waals surface area contributed by atoms with Gasteiger partial charge < -0.3 is 20.3 Å². The normalized spacial score (nSPS) is 13.4. The summed E-state index contributed by atoms with van der Waals surface area (Å²) in [5.74, 6) is 0.772. The average molecular weight is 822 g/mol. The second kappa shape index (κ2) is 51.2. The third-order valence-corrected chi connectivity index (χ3v) is 13.2. The lowest BCUT2D eigenvalue weighted by Crippen LogP contribution is -2.36. The zero-order valence-electron chi connectivity index (χ0n) is 40.5. The molecule has 0 amide bonds. The van der Waals surface area contributed by atoms with Crippen LogP contribution in [-0.4, -0.2) is 44.2 Å². The van der Waals surface area contributed by atoms with E-state index in [0.29, 0.717) is 11.8 Å². The first-order valence-electron chi connectivity index (χ1n) is 27.2. The average Bonchev–Trinajstić information content (AvgIpc) is 3.23. The Hall–Kier alpha value is -0.160. The van der Waals surface area contributed by atoms with Crippen LogP contribution in [0, 0.1) is 11.8 Å². The molecule has 3 N–H and O–H groups in total. The maximum absolute atomic E-state index is 10.2. The van der Waals surface area contributed by atoms with E-state index in [9.17, 15) is 5.11 Å². The molecule has 0 radical (unpaired) electrons. The summed E-state index contributed by atoms with van der Waals surface area (Å²) in [7, 11) is 0. The molecule has 0 aromatic carbocycles. The van der Waals surface area contributed by atoms with Gasteiger partial charge in [-0.2, -0.15) is 0 Å². The predicted molar refractivity (Wildman–Crippen MR) is 259 cm³/mol. The molecule has 0 saturated heterocycles. The molecule has 58 heavy (non-hydrogen) atoms. The second-order valence-electron chi connectivity index (χ2n) is 18.9. The first-order chi connectivity index (χ1) is 28.7. The van der Waals surface area contributed by atoms with E-state index >= 15 is 0 Å². The van der Waals surface area contributed by atoms with Crippen LogP contribution in [0.15, 0.2) is 0 Å². The van der Waals surface area contributed by atoms with Crippen LogP contribution in [0.2, 0.25) is 0 Å². The van der Waals surface area contributed by atoms with Crippen LogP contribution < -0.4 is 5.73 Å². The number of unbranched alkanes of at least 4 members (excludes halogenated alkanes) is 36. The second-order valence-corrected chi connectivity index (χ2v) is 18.9. The third kappa shape index (κ3) is 42.5.